The summed E-state index contributed by atoms with van der Waals surface area (Å²) in [6, 6.07) is 47.7. The zero-order valence-electron chi connectivity index (χ0n) is 32.4. The summed E-state index contributed by atoms with van der Waals surface area (Å²) in [7, 11) is 0. The van der Waals surface area contributed by atoms with Crippen LogP contribution in [0.3, 0.4) is 0 Å². The maximum atomic E-state index is 5.35. The van der Waals surface area contributed by atoms with Gasteiger partial charge in [0.05, 0.1) is 16.8 Å². The first kappa shape index (κ1) is 36.3. The van der Waals surface area contributed by atoms with E-state index >= 15 is 0 Å². The molecular weight excluding hydrogens is 677 g/mol. The van der Waals surface area contributed by atoms with Crippen LogP contribution in [0.4, 0.5) is 0 Å². The highest BCUT2D eigenvalue weighted by molar-refractivity contribution is 5.90. The predicted molar refractivity (Wildman–Crippen MR) is 238 cm³/mol. The van der Waals surface area contributed by atoms with E-state index in [2.05, 4.69) is 209 Å². The molecule has 1 heterocycles. The van der Waals surface area contributed by atoms with Crippen molar-refractivity contribution in [3.05, 3.63) is 228 Å². The highest BCUT2D eigenvalue weighted by atomic mass is 14.9. The summed E-state index contributed by atoms with van der Waals surface area (Å²) in [6.07, 6.45) is 22.0. The highest BCUT2D eigenvalue weighted by Crippen LogP contribution is 2.58. The van der Waals surface area contributed by atoms with Crippen molar-refractivity contribution in [2.24, 2.45) is 0 Å². The second-order valence-electron chi connectivity index (χ2n) is 14.4. The summed E-state index contributed by atoms with van der Waals surface area (Å²) in [6.45, 7) is 10.5. The normalized spacial score (nSPS) is 16.8. The lowest BCUT2D eigenvalue weighted by molar-refractivity contribution is 0.750. The van der Waals surface area contributed by atoms with Gasteiger partial charge in [0, 0.05) is 16.7 Å². The molecule has 0 amide bonds. The first-order valence-electron chi connectivity index (χ1n) is 19.6. The molecule has 2 aliphatic rings. The van der Waals surface area contributed by atoms with E-state index in [1.54, 1.807) is 0 Å². The van der Waals surface area contributed by atoms with Gasteiger partial charge < -0.3 is 0 Å². The van der Waals surface area contributed by atoms with E-state index in [9.17, 15) is 0 Å². The smallest absolute Gasteiger partial charge is 0.160 e. The molecule has 2 heteroatoms. The first-order valence-corrected chi connectivity index (χ1v) is 19.6. The van der Waals surface area contributed by atoms with Gasteiger partial charge >= 0.3 is 0 Å². The number of nitrogens with zero attached hydrogens (tertiary/aromatic N) is 2. The lowest BCUT2D eigenvalue weighted by atomic mass is 9.65. The molecule has 1 unspecified atom stereocenters. The lowest BCUT2D eigenvalue weighted by Gasteiger charge is -2.36. The Hall–Kier alpha value is -6.64. The van der Waals surface area contributed by atoms with Crippen LogP contribution >= 0.6 is 0 Å². The summed E-state index contributed by atoms with van der Waals surface area (Å²) in [5.41, 5.74) is 16.5. The topological polar surface area (TPSA) is 25.8 Å². The van der Waals surface area contributed by atoms with Crippen molar-refractivity contribution in [2.45, 2.75) is 39.0 Å². The minimum absolute atomic E-state index is 0.472. The molecule has 8 rings (SSSR count). The second kappa shape index (κ2) is 16.0. The van der Waals surface area contributed by atoms with Gasteiger partial charge in [-0.15, -0.1) is 0 Å². The Bertz CT molecular complexity index is 2610. The maximum Gasteiger partial charge on any atom is 0.160 e. The fourth-order valence-electron chi connectivity index (χ4n) is 8.39. The maximum absolute atomic E-state index is 5.35. The van der Waals surface area contributed by atoms with Crippen molar-refractivity contribution in [1.29, 1.82) is 0 Å². The first-order chi connectivity index (χ1) is 27.5. The van der Waals surface area contributed by atoms with Crippen molar-refractivity contribution in [1.82, 2.24) is 9.97 Å². The van der Waals surface area contributed by atoms with Crippen LogP contribution in [0.5, 0.6) is 0 Å². The largest absolute Gasteiger partial charge is 0.228 e. The van der Waals surface area contributed by atoms with Crippen molar-refractivity contribution in [2.75, 3.05) is 0 Å². The van der Waals surface area contributed by atoms with Gasteiger partial charge in [0.25, 0.3) is 0 Å². The lowest BCUT2D eigenvalue weighted by Crippen LogP contribution is -2.30. The Kier molecular flexibility index (Phi) is 10.4. The molecule has 2 nitrogen and oxygen atoms in total. The Balaban J connectivity index is 1.34. The third-order valence-corrected chi connectivity index (χ3v) is 11.0. The number of aromatic nitrogens is 2. The van der Waals surface area contributed by atoms with Crippen LogP contribution < -0.4 is 0 Å². The molecule has 0 aliphatic heterocycles. The summed E-state index contributed by atoms with van der Waals surface area (Å²) in [4.78, 5) is 10.6. The Morgan fingerprint density at radius 3 is 2.05 bits per heavy atom. The van der Waals surface area contributed by atoms with Gasteiger partial charge in [-0.05, 0) is 114 Å². The van der Waals surface area contributed by atoms with Gasteiger partial charge in [-0.2, -0.15) is 0 Å². The number of rotatable bonds is 10. The average molecular weight is 723 g/mol. The van der Waals surface area contributed by atoms with Crippen LogP contribution in [0.1, 0.15) is 56.1 Å². The summed E-state index contributed by atoms with van der Waals surface area (Å²) >= 11 is 0. The van der Waals surface area contributed by atoms with Crippen molar-refractivity contribution in [3.8, 4) is 44.8 Å². The third kappa shape index (κ3) is 6.69. The summed E-state index contributed by atoms with van der Waals surface area (Å²) < 4.78 is 0. The fraction of sp³-hybridized carbons (Fsp3) is 0.111. The quantitative estimate of drug-likeness (QED) is 0.132. The van der Waals surface area contributed by atoms with E-state index in [-0.39, 0.29) is 0 Å². The van der Waals surface area contributed by atoms with Gasteiger partial charge in [-0.3, -0.25) is 0 Å². The second-order valence-corrected chi connectivity index (χ2v) is 14.4. The molecule has 0 saturated heterocycles. The third-order valence-electron chi connectivity index (χ3n) is 11.0. The molecule has 56 heavy (non-hydrogen) atoms. The van der Waals surface area contributed by atoms with Crippen molar-refractivity contribution in [3.63, 3.8) is 0 Å². The van der Waals surface area contributed by atoms with Gasteiger partial charge in [0.2, 0.25) is 0 Å². The van der Waals surface area contributed by atoms with E-state index < -0.39 is 5.41 Å². The van der Waals surface area contributed by atoms with E-state index in [4.69, 9.17) is 9.97 Å². The molecule has 0 fully saturated rings. The zero-order chi connectivity index (χ0) is 38.5. The summed E-state index contributed by atoms with van der Waals surface area (Å²) in [5, 5.41) is 0. The zero-order valence-corrected chi connectivity index (χ0v) is 32.4. The molecule has 0 radical (unpaired) electrons. The van der Waals surface area contributed by atoms with Gasteiger partial charge in [-0.25, -0.2) is 9.97 Å². The Morgan fingerprint density at radius 1 is 0.661 bits per heavy atom. The van der Waals surface area contributed by atoms with E-state index in [0.717, 1.165) is 52.1 Å². The van der Waals surface area contributed by atoms with Gasteiger partial charge in [0.1, 0.15) is 0 Å². The van der Waals surface area contributed by atoms with Crippen LogP contribution in [0.15, 0.2) is 206 Å². The molecule has 6 aromatic rings. The van der Waals surface area contributed by atoms with Gasteiger partial charge in [0.15, 0.2) is 5.82 Å². The minimum Gasteiger partial charge on any atom is -0.228 e. The molecular formula is C54H46N2. The van der Waals surface area contributed by atoms with Crippen LogP contribution in [0, 0.1) is 0 Å². The summed E-state index contributed by atoms with van der Waals surface area (Å²) in [5.74, 6) is 0.692. The Morgan fingerprint density at radius 2 is 1.34 bits per heavy atom. The molecule has 0 spiro atoms. The molecule has 0 saturated carbocycles. The molecule has 0 bridgehead atoms. The standard InChI is InChI=1S/C54H46N2/c1-5-20-45(21-6-2)54(46-28-15-10-16-29-46)49-31-18-17-30-47(49)48-36-44(32-33-50(48)54)52-37-51(43-27-19-26-42(35-43)41-24-13-9-14-25-41)55-53(56-52)39(7-3)34-38(4)40-22-11-8-12-23-40/h5-9,11-15,17-37H,1,10,16H2,2-4H3/b21-6-,38-34+,39-7+,45-20+. The fourth-order valence-corrected chi connectivity index (χ4v) is 8.39. The van der Waals surface area contributed by atoms with E-state index in [1.165, 1.54) is 44.5 Å². The molecule has 1 atom stereocenters. The minimum atomic E-state index is -0.472. The molecule has 2 aliphatic carbocycles. The van der Waals surface area contributed by atoms with Crippen LogP contribution in [-0.4, -0.2) is 9.97 Å². The van der Waals surface area contributed by atoms with Crippen molar-refractivity contribution < 1.29 is 0 Å². The number of fused-ring (bicyclic) bond motifs is 3. The SMILES string of the molecule is C=C/C=C(\C=C/C)C1(C2=CCCC=C2)c2ccccc2-c2cc(-c3cc(-c4cccc(-c5ccccc5)c4)nc(C(/C=C(\C)c4ccccc4)=C/C)n3)ccc21. The predicted octanol–water partition coefficient (Wildman–Crippen LogP) is 14.2. The number of allylic oxidation sites excluding steroid dienone is 13. The molecule has 1 aromatic heterocycles. The van der Waals surface area contributed by atoms with Crippen LogP contribution in [0.25, 0.3) is 55.9 Å². The number of benzene rings is 5. The molecule has 5 aromatic carbocycles. The van der Waals surface area contributed by atoms with Crippen LogP contribution in [-0.2, 0) is 5.41 Å². The van der Waals surface area contributed by atoms with Crippen molar-refractivity contribution >= 4 is 11.1 Å². The number of hydrogen-bond acceptors (Lipinski definition) is 2. The highest BCUT2D eigenvalue weighted by Gasteiger charge is 2.47. The van der Waals surface area contributed by atoms with E-state index in [1.807, 2.05) is 6.08 Å². The average Bonchev–Trinajstić information content (AvgIpc) is 3.56. The van der Waals surface area contributed by atoms with Gasteiger partial charge in [-0.1, -0.05) is 170 Å². The van der Waals surface area contributed by atoms with Crippen LogP contribution in [0.2, 0.25) is 0 Å². The molecule has 0 N–H and O–H groups in total. The monoisotopic (exact) mass is 722 g/mol. The Labute approximate surface area is 332 Å². The van der Waals surface area contributed by atoms with E-state index in [0.29, 0.717) is 5.82 Å². The number of hydrogen-bond donors (Lipinski definition) is 0. The molecule has 272 valence electrons.